The fraction of sp³-hybridized carbons (Fsp3) is 0.556. The first-order chi connectivity index (χ1) is 11.6. The van der Waals surface area contributed by atoms with Gasteiger partial charge in [-0.1, -0.05) is 6.92 Å². The molecule has 1 aliphatic rings. The zero-order valence-corrected chi connectivity index (χ0v) is 15.7. The van der Waals surface area contributed by atoms with Gasteiger partial charge in [-0.3, -0.25) is 0 Å². The highest BCUT2D eigenvalue weighted by Gasteiger charge is 2.52. The molecule has 25 heavy (non-hydrogen) atoms. The SMILES string of the molecule is CCCn1c(C)nc2cc(C(=O)O)cc(B3OC(C)(C)C(C)(C)O3)c21. The van der Waals surface area contributed by atoms with Crippen molar-refractivity contribution >= 4 is 29.6 Å². The van der Waals surface area contributed by atoms with E-state index >= 15 is 0 Å². The minimum atomic E-state index is -0.984. The zero-order valence-electron chi connectivity index (χ0n) is 15.7. The highest BCUT2D eigenvalue weighted by molar-refractivity contribution is 6.65. The van der Waals surface area contributed by atoms with E-state index in [1.54, 1.807) is 12.1 Å². The van der Waals surface area contributed by atoms with Gasteiger partial charge >= 0.3 is 13.1 Å². The number of carbonyl (C=O) groups is 1. The zero-order chi connectivity index (χ0) is 18.6. The molecule has 7 heteroatoms. The fourth-order valence-corrected chi connectivity index (χ4v) is 3.19. The molecule has 6 nitrogen and oxygen atoms in total. The predicted molar refractivity (Wildman–Crippen MR) is 97.4 cm³/mol. The van der Waals surface area contributed by atoms with Crippen molar-refractivity contribution in [3.8, 4) is 0 Å². The molecule has 3 rings (SSSR count). The summed E-state index contributed by atoms with van der Waals surface area (Å²) in [6, 6.07) is 3.27. The maximum absolute atomic E-state index is 11.6. The highest BCUT2D eigenvalue weighted by atomic mass is 16.7. The molecule has 0 aliphatic carbocycles. The number of fused-ring (bicyclic) bond motifs is 1. The Morgan fingerprint density at radius 3 is 2.36 bits per heavy atom. The number of aromatic nitrogens is 2. The number of imidazole rings is 1. The molecular formula is C18H25BN2O4. The van der Waals surface area contributed by atoms with Crippen molar-refractivity contribution in [1.29, 1.82) is 0 Å². The molecule has 0 radical (unpaired) electrons. The first kappa shape index (κ1) is 18.0. The van der Waals surface area contributed by atoms with E-state index in [-0.39, 0.29) is 5.56 Å². The summed E-state index contributed by atoms with van der Waals surface area (Å²) in [6.45, 7) is 12.8. The van der Waals surface area contributed by atoms with E-state index in [0.29, 0.717) is 5.52 Å². The smallest absolute Gasteiger partial charge is 0.478 e. The average molecular weight is 344 g/mol. The van der Waals surface area contributed by atoms with E-state index in [0.717, 1.165) is 29.8 Å². The van der Waals surface area contributed by atoms with Gasteiger partial charge in [0.1, 0.15) is 5.82 Å². The van der Waals surface area contributed by atoms with Gasteiger partial charge in [0.25, 0.3) is 0 Å². The number of hydrogen-bond acceptors (Lipinski definition) is 4. The van der Waals surface area contributed by atoms with Gasteiger partial charge in [0.2, 0.25) is 0 Å². The summed E-state index contributed by atoms with van der Waals surface area (Å²) in [5.41, 5.74) is 1.49. The summed E-state index contributed by atoms with van der Waals surface area (Å²) in [4.78, 5) is 16.1. The lowest BCUT2D eigenvalue weighted by atomic mass is 9.77. The van der Waals surface area contributed by atoms with Crippen LogP contribution in [0.3, 0.4) is 0 Å². The van der Waals surface area contributed by atoms with Crippen molar-refractivity contribution in [1.82, 2.24) is 9.55 Å². The molecule has 1 aromatic heterocycles. The Kier molecular flexibility index (Phi) is 4.20. The topological polar surface area (TPSA) is 73.6 Å². The Balaban J connectivity index is 2.23. The third-order valence-electron chi connectivity index (χ3n) is 5.26. The molecule has 1 N–H and O–H groups in total. The minimum absolute atomic E-state index is 0.193. The maximum Gasteiger partial charge on any atom is 0.497 e. The summed E-state index contributed by atoms with van der Waals surface area (Å²) in [6.07, 6.45) is 0.954. The van der Waals surface area contributed by atoms with Crippen LogP contribution in [0.5, 0.6) is 0 Å². The second kappa shape index (κ2) is 5.85. The number of benzene rings is 1. The van der Waals surface area contributed by atoms with Crippen LogP contribution < -0.4 is 5.46 Å². The molecule has 1 saturated heterocycles. The average Bonchev–Trinajstić information content (AvgIpc) is 2.92. The number of carboxylic acids is 1. The van der Waals surface area contributed by atoms with Gasteiger partial charge < -0.3 is 19.0 Å². The van der Waals surface area contributed by atoms with Crippen LogP contribution in [0.25, 0.3) is 11.0 Å². The summed E-state index contributed by atoms with van der Waals surface area (Å²) >= 11 is 0. The van der Waals surface area contributed by atoms with Crippen molar-refractivity contribution in [2.24, 2.45) is 0 Å². The number of nitrogens with zero attached hydrogens (tertiary/aromatic N) is 2. The summed E-state index contributed by atoms with van der Waals surface area (Å²) in [5, 5.41) is 9.48. The van der Waals surface area contributed by atoms with Crippen LogP contribution in [0.15, 0.2) is 12.1 Å². The third kappa shape index (κ3) is 2.85. The van der Waals surface area contributed by atoms with Crippen molar-refractivity contribution in [3.63, 3.8) is 0 Å². The minimum Gasteiger partial charge on any atom is -0.478 e. The normalized spacial score (nSPS) is 18.9. The van der Waals surface area contributed by atoms with Crippen molar-refractivity contribution in [2.75, 3.05) is 0 Å². The molecule has 0 atom stereocenters. The van der Waals surface area contributed by atoms with Crippen molar-refractivity contribution in [2.45, 2.75) is 65.7 Å². The monoisotopic (exact) mass is 344 g/mol. The number of rotatable bonds is 4. The van der Waals surface area contributed by atoms with Gasteiger partial charge in [0.15, 0.2) is 0 Å². The van der Waals surface area contributed by atoms with E-state index in [4.69, 9.17) is 9.31 Å². The number of aromatic carboxylic acids is 1. The Morgan fingerprint density at radius 2 is 1.84 bits per heavy atom. The van der Waals surface area contributed by atoms with Crippen LogP contribution in [0.2, 0.25) is 0 Å². The quantitative estimate of drug-likeness (QED) is 0.864. The Labute approximate surface area is 148 Å². The van der Waals surface area contributed by atoms with Gasteiger partial charge in [-0.05, 0) is 53.2 Å². The van der Waals surface area contributed by atoms with E-state index in [1.807, 2.05) is 34.6 Å². The summed E-state index contributed by atoms with van der Waals surface area (Å²) in [5.74, 6) is -0.125. The lowest BCUT2D eigenvalue weighted by Gasteiger charge is -2.32. The highest BCUT2D eigenvalue weighted by Crippen LogP contribution is 2.37. The van der Waals surface area contributed by atoms with Gasteiger partial charge in [0.05, 0.1) is 27.8 Å². The van der Waals surface area contributed by atoms with Crippen molar-refractivity contribution < 1.29 is 19.2 Å². The molecule has 0 spiro atoms. The lowest BCUT2D eigenvalue weighted by molar-refractivity contribution is 0.00578. The number of hydrogen-bond donors (Lipinski definition) is 1. The standard InChI is InChI=1S/C18H25BN2O4/c1-7-8-21-11(2)20-14-10-12(16(22)23)9-13(15(14)21)19-24-17(3,4)18(5,6)25-19/h9-10H,7-8H2,1-6H3,(H,22,23). The van der Waals surface area contributed by atoms with Gasteiger partial charge in [-0.25, -0.2) is 9.78 Å². The molecular weight excluding hydrogens is 319 g/mol. The maximum atomic E-state index is 11.6. The van der Waals surface area contributed by atoms with Gasteiger partial charge in [-0.15, -0.1) is 0 Å². The van der Waals surface area contributed by atoms with Crippen LogP contribution in [0.4, 0.5) is 0 Å². The van der Waals surface area contributed by atoms with Crippen LogP contribution in [-0.2, 0) is 15.9 Å². The number of aryl methyl sites for hydroxylation is 2. The van der Waals surface area contributed by atoms with E-state index in [1.165, 1.54) is 0 Å². The predicted octanol–water partition coefficient (Wildman–Crippen LogP) is 2.75. The third-order valence-corrected chi connectivity index (χ3v) is 5.26. The van der Waals surface area contributed by atoms with Crippen molar-refractivity contribution in [3.05, 3.63) is 23.5 Å². The van der Waals surface area contributed by atoms with Crippen LogP contribution in [0.1, 0.15) is 57.2 Å². The molecule has 134 valence electrons. The molecule has 1 aromatic carbocycles. The fourth-order valence-electron chi connectivity index (χ4n) is 3.19. The molecule has 0 unspecified atom stereocenters. The van der Waals surface area contributed by atoms with Gasteiger partial charge in [-0.2, -0.15) is 0 Å². The summed E-state index contributed by atoms with van der Waals surface area (Å²) < 4.78 is 14.5. The first-order valence-corrected chi connectivity index (χ1v) is 8.67. The molecule has 2 heterocycles. The van der Waals surface area contributed by atoms with E-state index < -0.39 is 24.3 Å². The second-order valence-electron chi connectivity index (χ2n) is 7.64. The van der Waals surface area contributed by atoms with Crippen LogP contribution >= 0.6 is 0 Å². The van der Waals surface area contributed by atoms with Crippen LogP contribution in [-0.4, -0.2) is 38.9 Å². The van der Waals surface area contributed by atoms with E-state index in [2.05, 4.69) is 16.5 Å². The second-order valence-corrected chi connectivity index (χ2v) is 7.64. The molecule has 0 amide bonds. The summed E-state index contributed by atoms with van der Waals surface area (Å²) in [7, 11) is -0.626. The van der Waals surface area contributed by atoms with E-state index in [9.17, 15) is 9.90 Å². The number of carboxylic acid groups (broad SMARTS) is 1. The largest absolute Gasteiger partial charge is 0.497 e. The molecule has 0 saturated carbocycles. The lowest BCUT2D eigenvalue weighted by Crippen LogP contribution is -2.41. The van der Waals surface area contributed by atoms with Gasteiger partial charge in [0, 0.05) is 12.0 Å². The Morgan fingerprint density at radius 1 is 1.24 bits per heavy atom. The molecule has 1 aliphatic heterocycles. The first-order valence-electron chi connectivity index (χ1n) is 8.67. The van der Waals surface area contributed by atoms with Crippen LogP contribution in [0, 0.1) is 6.92 Å². The molecule has 1 fully saturated rings. The molecule has 2 aromatic rings. The Bertz CT molecular complexity index is 825. The Hall–Kier alpha value is -1.86. The molecule has 0 bridgehead atoms.